The van der Waals surface area contributed by atoms with Crippen molar-refractivity contribution in [2.75, 3.05) is 21.7 Å². The fourth-order valence-electron chi connectivity index (χ4n) is 4.43. The van der Waals surface area contributed by atoms with E-state index in [4.69, 9.17) is 4.42 Å². The molecule has 1 N–H and O–H groups in total. The van der Waals surface area contributed by atoms with Crippen molar-refractivity contribution in [3.63, 3.8) is 0 Å². The number of carbonyl (C=O) groups is 1. The maximum atomic E-state index is 13.5. The minimum absolute atomic E-state index is 0.279. The third kappa shape index (κ3) is 3.86. The van der Waals surface area contributed by atoms with Crippen LogP contribution in [0.15, 0.2) is 89.9 Å². The second-order valence-corrected chi connectivity index (χ2v) is 8.43. The topological polar surface area (TPSA) is 74.5 Å². The van der Waals surface area contributed by atoms with Gasteiger partial charge in [-0.05, 0) is 42.5 Å². The molecule has 2 aromatic heterocycles. The largest absolute Gasteiger partial charge is 0.444 e. The number of pyridine rings is 1. The highest BCUT2D eigenvalue weighted by Crippen LogP contribution is 2.40. The zero-order chi connectivity index (χ0) is 24.9. The van der Waals surface area contributed by atoms with Gasteiger partial charge < -0.3 is 14.6 Å². The van der Waals surface area contributed by atoms with Gasteiger partial charge >= 0.3 is 12.2 Å². The summed E-state index contributed by atoms with van der Waals surface area (Å²) in [5.74, 6) is 0.936. The Bertz CT molecular complexity index is 1480. The molecule has 10 heteroatoms. The monoisotopic (exact) mass is 489 g/mol. The van der Waals surface area contributed by atoms with E-state index in [0.29, 0.717) is 40.8 Å². The molecule has 0 aliphatic carbocycles. The van der Waals surface area contributed by atoms with Crippen LogP contribution in [0.2, 0.25) is 0 Å². The summed E-state index contributed by atoms with van der Waals surface area (Å²) in [6, 6.07) is 14.9. The number of halogens is 3. The van der Waals surface area contributed by atoms with Gasteiger partial charge in [0, 0.05) is 29.6 Å². The van der Waals surface area contributed by atoms with Crippen LogP contribution in [-0.4, -0.2) is 28.6 Å². The highest BCUT2D eigenvalue weighted by Gasteiger charge is 2.38. The highest BCUT2D eigenvalue weighted by atomic mass is 19.4. The van der Waals surface area contributed by atoms with Gasteiger partial charge in [-0.1, -0.05) is 24.3 Å². The Morgan fingerprint density at radius 2 is 1.89 bits per heavy atom. The number of fused-ring (bicyclic) bond motifs is 4. The van der Waals surface area contributed by atoms with Crippen molar-refractivity contribution in [2.45, 2.75) is 12.2 Å². The summed E-state index contributed by atoms with van der Waals surface area (Å²) in [6.07, 6.45) is 2.23. The van der Waals surface area contributed by atoms with Crippen LogP contribution in [0.1, 0.15) is 5.56 Å². The average molecular weight is 489 g/mol. The molecule has 0 radical (unpaired) electrons. The number of nitrogens with one attached hydrogen (secondary N) is 1. The van der Waals surface area contributed by atoms with Crippen molar-refractivity contribution in [3.8, 4) is 22.6 Å². The second kappa shape index (κ2) is 8.26. The molecule has 2 aliphatic rings. The normalized spacial score (nSPS) is 16.2. The number of hydrogen-bond donors (Lipinski definition) is 1. The van der Waals surface area contributed by atoms with E-state index in [0.717, 1.165) is 17.7 Å². The Hall–Kier alpha value is -4.60. The highest BCUT2D eigenvalue weighted by molar-refractivity contribution is 6.05. The summed E-state index contributed by atoms with van der Waals surface area (Å²) in [4.78, 5) is 25.6. The molecule has 4 heterocycles. The number of alkyl halides is 3. The first-order chi connectivity index (χ1) is 17.4. The van der Waals surface area contributed by atoms with E-state index < -0.39 is 17.8 Å². The van der Waals surface area contributed by atoms with E-state index in [1.54, 1.807) is 42.6 Å². The molecule has 7 nitrogen and oxygen atoms in total. The molecule has 4 aromatic rings. The Morgan fingerprint density at radius 3 is 2.69 bits per heavy atom. The molecule has 180 valence electrons. The molecular formula is C26H18F3N5O2. The van der Waals surface area contributed by atoms with Gasteiger partial charge in [-0.3, -0.25) is 4.90 Å². The summed E-state index contributed by atoms with van der Waals surface area (Å²) >= 11 is 0. The summed E-state index contributed by atoms with van der Waals surface area (Å²) in [6.45, 7) is 0.559. The van der Waals surface area contributed by atoms with E-state index in [1.165, 1.54) is 17.4 Å². The molecule has 2 amide bonds. The third-order valence-electron chi connectivity index (χ3n) is 6.13. The molecule has 2 aromatic carbocycles. The maximum Gasteiger partial charge on any atom is 0.416 e. The third-order valence-corrected chi connectivity index (χ3v) is 6.13. The lowest BCUT2D eigenvalue weighted by Crippen LogP contribution is -2.48. The van der Waals surface area contributed by atoms with Gasteiger partial charge in [0.05, 0.1) is 29.2 Å². The van der Waals surface area contributed by atoms with Gasteiger partial charge in [0.25, 0.3) is 0 Å². The van der Waals surface area contributed by atoms with Gasteiger partial charge in [0.1, 0.15) is 0 Å². The minimum Gasteiger partial charge on any atom is -0.444 e. The number of amides is 2. The first kappa shape index (κ1) is 21.9. The Morgan fingerprint density at radius 1 is 1.06 bits per heavy atom. The van der Waals surface area contributed by atoms with Crippen LogP contribution in [0, 0.1) is 0 Å². The quantitative estimate of drug-likeness (QED) is 0.372. The molecule has 2 aliphatic heterocycles. The predicted octanol–water partition coefficient (Wildman–Crippen LogP) is 6.18. The molecule has 0 saturated carbocycles. The number of anilines is 3. The van der Waals surface area contributed by atoms with Crippen molar-refractivity contribution in [3.05, 3.63) is 91.1 Å². The number of carbonyl (C=O) groups excluding carboxylic acids is 1. The Balaban J connectivity index is 1.35. The van der Waals surface area contributed by atoms with Crippen molar-refractivity contribution < 1.29 is 22.4 Å². The smallest absolute Gasteiger partial charge is 0.416 e. The van der Waals surface area contributed by atoms with E-state index in [9.17, 15) is 18.0 Å². The Labute approximate surface area is 203 Å². The summed E-state index contributed by atoms with van der Waals surface area (Å²) < 4.78 is 45.1. The Kier molecular flexibility index (Phi) is 5.03. The van der Waals surface area contributed by atoms with E-state index in [2.05, 4.69) is 15.3 Å². The average Bonchev–Trinajstić information content (AvgIpc) is 3.55. The van der Waals surface area contributed by atoms with Gasteiger partial charge in [-0.25, -0.2) is 14.8 Å². The predicted molar refractivity (Wildman–Crippen MR) is 128 cm³/mol. The van der Waals surface area contributed by atoms with Crippen LogP contribution >= 0.6 is 0 Å². The molecule has 2 bridgehead atoms. The fourth-order valence-corrected chi connectivity index (χ4v) is 4.43. The number of nitrogens with zero attached hydrogens (tertiary/aromatic N) is 4. The van der Waals surface area contributed by atoms with E-state index in [-0.39, 0.29) is 6.04 Å². The molecule has 1 atom stereocenters. The number of oxazole rings is 1. The standard InChI is InChI=1S/C26H18F3N5O2/c27-26(28,29)18-5-1-3-16(11-18)21-7-8-22-24(32-21)34(20-9-10-33(22)14-20)25(35)31-19-6-2-4-17(12-19)23-13-30-15-36-23/h1-13,15,20H,14H2,(H,31,35)/t20-/m0/s1. The number of benzene rings is 2. The number of hydrogen-bond acceptors (Lipinski definition) is 5. The zero-order valence-electron chi connectivity index (χ0n) is 18.6. The molecule has 0 spiro atoms. The van der Waals surface area contributed by atoms with Crippen molar-refractivity contribution >= 4 is 23.2 Å². The molecule has 36 heavy (non-hydrogen) atoms. The van der Waals surface area contributed by atoms with Crippen LogP contribution in [0.4, 0.5) is 35.2 Å². The van der Waals surface area contributed by atoms with Crippen LogP contribution in [0.5, 0.6) is 0 Å². The number of aromatic nitrogens is 2. The summed E-state index contributed by atoms with van der Waals surface area (Å²) in [7, 11) is 0. The molecule has 6 rings (SSSR count). The number of urea groups is 1. The van der Waals surface area contributed by atoms with Gasteiger partial charge in [-0.2, -0.15) is 13.2 Å². The maximum absolute atomic E-state index is 13.5. The van der Waals surface area contributed by atoms with Crippen LogP contribution in [0.3, 0.4) is 0 Å². The van der Waals surface area contributed by atoms with Crippen molar-refractivity contribution in [1.29, 1.82) is 0 Å². The minimum atomic E-state index is -4.47. The van der Waals surface area contributed by atoms with E-state index >= 15 is 0 Å². The SMILES string of the molecule is O=C(Nc1cccc(-c2cnco2)c1)N1c2nc(-c3cccc(C(F)(F)F)c3)ccc2N2C=C[C@H]1C2. The first-order valence-corrected chi connectivity index (χ1v) is 11.1. The van der Waals surface area contributed by atoms with Gasteiger partial charge in [0.2, 0.25) is 0 Å². The summed E-state index contributed by atoms with van der Waals surface area (Å²) in [5.41, 5.74) is 1.89. The van der Waals surface area contributed by atoms with Crippen LogP contribution in [-0.2, 0) is 6.18 Å². The zero-order valence-corrected chi connectivity index (χ0v) is 18.6. The lowest BCUT2D eigenvalue weighted by Gasteiger charge is -2.36. The van der Waals surface area contributed by atoms with Gasteiger partial charge in [0.15, 0.2) is 18.0 Å². The first-order valence-electron chi connectivity index (χ1n) is 11.1. The van der Waals surface area contributed by atoms with E-state index in [1.807, 2.05) is 23.2 Å². The molecule has 0 fully saturated rings. The molecule has 0 unspecified atom stereocenters. The molecule has 0 saturated heterocycles. The number of rotatable bonds is 3. The van der Waals surface area contributed by atoms with Crippen molar-refractivity contribution in [2.24, 2.45) is 0 Å². The van der Waals surface area contributed by atoms with Crippen LogP contribution < -0.4 is 15.1 Å². The lowest BCUT2D eigenvalue weighted by atomic mass is 10.1. The van der Waals surface area contributed by atoms with Gasteiger partial charge in [-0.15, -0.1) is 0 Å². The lowest BCUT2D eigenvalue weighted by molar-refractivity contribution is -0.137. The van der Waals surface area contributed by atoms with Crippen molar-refractivity contribution in [1.82, 2.24) is 9.97 Å². The van der Waals surface area contributed by atoms with Crippen LogP contribution in [0.25, 0.3) is 22.6 Å². The molecular weight excluding hydrogens is 471 g/mol. The summed E-state index contributed by atoms with van der Waals surface area (Å²) in [5, 5.41) is 2.91. The second-order valence-electron chi connectivity index (χ2n) is 8.43. The fraction of sp³-hybridized carbons (Fsp3) is 0.115.